The summed E-state index contributed by atoms with van der Waals surface area (Å²) in [6.07, 6.45) is -0.862. The monoisotopic (exact) mass is 411 g/mol. The number of carbonyl (C=O) groups is 2. The van der Waals surface area contributed by atoms with E-state index >= 15 is 0 Å². The number of hydrogen-bond donors (Lipinski definition) is 1. The summed E-state index contributed by atoms with van der Waals surface area (Å²) in [6.45, 7) is 11.3. The molecule has 8 heteroatoms. The lowest BCUT2D eigenvalue weighted by atomic mass is 10.2. The van der Waals surface area contributed by atoms with Crippen LogP contribution in [-0.4, -0.2) is 72.8 Å². The Morgan fingerprint density at radius 1 is 1.14 bits per heavy atom. The lowest BCUT2D eigenvalue weighted by Gasteiger charge is -2.35. The van der Waals surface area contributed by atoms with Crippen LogP contribution in [0.4, 0.5) is 4.79 Å². The highest BCUT2D eigenvalue weighted by molar-refractivity contribution is 6.30. The zero-order chi connectivity index (χ0) is 20.7. The lowest BCUT2D eigenvalue weighted by Crippen LogP contribution is -2.51. The second-order valence-electron chi connectivity index (χ2n) is 7.81. The van der Waals surface area contributed by atoms with E-state index in [0.717, 1.165) is 19.6 Å². The van der Waals surface area contributed by atoms with Gasteiger partial charge in [0, 0.05) is 44.3 Å². The predicted octanol–water partition coefficient (Wildman–Crippen LogP) is 2.78. The summed E-state index contributed by atoms with van der Waals surface area (Å²) in [5.74, 6) is 0.438. The fourth-order valence-electron chi connectivity index (χ4n) is 2.73. The molecule has 1 heterocycles. The summed E-state index contributed by atoms with van der Waals surface area (Å²) < 4.78 is 11.0. The summed E-state index contributed by atoms with van der Waals surface area (Å²) in [7, 11) is 0. The van der Waals surface area contributed by atoms with Crippen LogP contribution in [0.5, 0.6) is 5.75 Å². The van der Waals surface area contributed by atoms with Crippen LogP contribution in [0.1, 0.15) is 27.7 Å². The first-order chi connectivity index (χ1) is 13.1. The van der Waals surface area contributed by atoms with Crippen molar-refractivity contribution in [3.63, 3.8) is 0 Å². The highest BCUT2D eigenvalue weighted by Crippen LogP contribution is 2.16. The number of halogens is 1. The summed E-state index contributed by atoms with van der Waals surface area (Å²) in [4.78, 5) is 28.2. The van der Waals surface area contributed by atoms with Gasteiger partial charge in [-0.1, -0.05) is 11.6 Å². The van der Waals surface area contributed by atoms with Crippen LogP contribution >= 0.6 is 11.6 Å². The van der Waals surface area contributed by atoms with Crippen LogP contribution in [-0.2, 0) is 9.53 Å². The third-order valence-corrected chi connectivity index (χ3v) is 4.50. The highest BCUT2D eigenvalue weighted by atomic mass is 35.5. The molecule has 1 fully saturated rings. The molecule has 1 aromatic carbocycles. The Bertz CT molecular complexity index is 652. The van der Waals surface area contributed by atoms with Gasteiger partial charge in [0.15, 0.2) is 6.10 Å². The third kappa shape index (κ3) is 7.56. The van der Waals surface area contributed by atoms with Gasteiger partial charge in [0.2, 0.25) is 0 Å². The van der Waals surface area contributed by atoms with Crippen molar-refractivity contribution in [1.29, 1.82) is 0 Å². The molecule has 2 amide bonds. The fraction of sp³-hybridized carbons (Fsp3) is 0.600. The molecule has 0 aliphatic carbocycles. The van der Waals surface area contributed by atoms with Crippen molar-refractivity contribution in [3.8, 4) is 5.75 Å². The first-order valence-electron chi connectivity index (χ1n) is 9.54. The first kappa shape index (κ1) is 22.3. The number of amides is 2. The highest BCUT2D eigenvalue weighted by Gasteiger charge is 2.25. The van der Waals surface area contributed by atoms with Gasteiger partial charge in [0.25, 0.3) is 5.91 Å². The molecular weight excluding hydrogens is 382 g/mol. The molecule has 2 rings (SSSR count). The Hall–Kier alpha value is -1.99. The summed E-state index contributed by atoms with van der Waals surface area (Å²) in [6, 6.07) is 6.91. The van der Waals surface area contributed by atoms with Gasteiger partial charge in [-0.2, -0.15) is 0 Å². The molecule has 0 radical (unpaired) electrons. The van der Waals surface area contributed by atoms with Crippen LogP contribution in [0, 0.1) is 0 Å². The molecule has 1 aliphatic heterocycles. The maximum Gasteiger partial charge on any atom is 0.410 e. The number of benzene rings is 1. The Kier molecular flexibility index (Phi) is 7.95. The van der Waals surface area contributed by atoms with E-state index in [4.69, 9.17) is 21.1 Å². The average Bonchev–Trinajstić information content (AvgIpc) is 2.62. The van der Waals surface area contributed by atoms with E-state index in [-0.39, 0.29) is 12.0 Å². The SMILES string of the molecule is CC(Oc1ccc(Cl)cc1)C(=O)NCCN1CCN(C(=O)OC(C)(C)C)CC1. The van der Waals surface area contributed by atoms with E-state index in [1.54, 1.807) is 36.1 Å². The number of piperazine rings is 1. The average molecular weight is 412 g/mol. The minimum Gasteiger partial charge on any atom is -0.481 e. The van der Waals surface area contributed by atoms with Crippen molar-refractivity contribution < 1.29 is 19.1 Å². The number of nitrogens with one attached hydrogen (secondary N) is 1. The molecule has 1 saturated heterocycles. The predicted molar refractivity (Wildman–Crippen MR) is 109 cm³/mol. The summed E-state index contributed by atoms with van der Waals surface area (Å²) in [5, 5.41) is 3.51. The van der Waals surface area contributed by atoms with E-state index in [1.165, 1.54) is 0 Å². The third-order valence-electron chi connectivity index (χ3n) is 4.25. The van der Waals surface area contributed by atoms with Crippen LogP contribution in [0.25, 0.3) is 0 Å². The van der Waals surface area contributed by atoms with Crippen molar-refractivity contribution in [2.24, 2.45) is 0 Å². The van der Waals surface area contributed by atoms with Gasteiger partial charge in [0.05, 0.1) is 0 Å². The van der Waals surface area contributed by atoms with Crippen molar-refractivity contribution in [1.82, 2.24) is 15.1 Å². The zero-order valence-electron chi connectivity index (χ0n) is 17.0. The molecule has 0 saturated carbocycles. The van der Waals surface area contributed by atoms with Crippen LogP contribution in [0.3, 0.4) is 0 Å². The number of hydrogen-bond acceptors (Lipinski definition) is 5. The number of ether oxygens (including phenoxy) is 2. The molecule has 28 heavy (non-hydrogen) atoms. The fourth-order valence-corrected chi connectivity index (χ4v) is 2.86. The molecule has 0 bridgehead atoms. The smallest absolute Gasteiger partial charge is 0.410 e. The molecule has 1 unspecified atom stereocenters. The molecule has 1 N–H and O–H groups in total. The van der Waals surface area contributed by atoms with Gasteiger partial charge in [-0.15, -0.1) is 0 Å². The van der Waals surface area contributed by atoms with Crippen LogP contribution in [0.15, 0.2) is 24.3 Å². The van der Waals surface area contributed by atoms with Gasteiger partial charge in [0.1, 0.15) is 11.4 Å². The first-order valence-corrected chi connectivity index (χ1v) is 9.92. The van der Waals surface area contributed by atoms with Crippen molar-refractivity contribution in [2.45, 2.75) is 39.4 Å². The van der Waals surface area contributed by atoms with Gasteiger partial charge in [-0.3, -0.25) is 9.69 Å². The van der Waals surface area contributed by atoms with E-state index in [0.29, 0.717) is 30.4 Å². The standard InChI is InChI=1S/C20H30ClN3O4/c1-15(27-17-7-5-16(21)6-8-17)18(25)22-9-10-23-11-13-24(14-12-23)19(26)28-20(2,3)4/h5-8,15H,9-14H2,1-4H3,(H,22,25). The molecule has 1 aromatic rings. The van der Waals surface area contributed by atoms with Crippen molar-refractivity contribution in [2.75, 3.05) is 39.3 Å². The lowest BCUT2D eigenvalue weighted by molar-refractivity contribution is -0.127. The topological polar surface area (TPSA) is 71.1 Å². The minimum absolute atomic E-state index is 0.164. The quantitative estimate of drug-likeness (QED) is 0.779. The largest absolute Gasteiger partial charge is 0.481 e. The Balaban J connectivity index is 1.65. The van der Waals surface area contributed by atoms with Gasteiger partial charge in [-0.05, 0) is 52.0 Å². The molecule has 0 aromatic heterocycles. The van der Waals surface area contributed by atoms with Crippen molar-refractivity contribution in [3.05, 3.63) is 29.3 Å². The molecule has 156 valence electrons. The molecule has 1 atom stereocenters. The van der Waals surface area contributed by atoms with E-state index in [1.807, 2.05) is 20.8 Å². The molecule has 1 aliphatic rings. The number of carbonyl (C=O) groups excluding carboxylic acids is 2. The normalized spacial score (nSPS) is 16.4. The molecular formula is C20H30ClN3O4. The van der Waals surface area contributed by atoms with E-state index in [9.17, 15) is 9.59 Å². The molecule has 7 nitrogen and oxygen atoms in total. The maximum atomic E-state index is 12.2. The molecule has 0 spiro atoms. The summed E-state index contributed by atoms with van der Waals surface area (Å²) >= 11 is 5.84. The van der Waals surface area contributed by atoms with Crippen molar-refractivity contribution >= 4 is 23.6 Å². The van der Waals surface area contributed by atoms with Gasteiger partial charge >= 0.3 is 6.09 Å². The van der Waals surface area contributed by atoms with E-state index < -0.39 is 11.7 Å². The van der Waals surface area contributed by atoms with Gasteiger partial charge < -0.3 is 19.7 Å². The maximum absolute atomic E-state index is 12.2. The second kappa shape index (κ2) is 9.98. The number of nitrogens with zero attached hydrogens (tertiary/aromatic N) is 2. The second-order valence-corrected chi connectivity index (χ2v) is 8.25. The summed E-state index contributed by atoms with van der Waals surface area (Å²) in [5.41, 5.74) is -0.483. The Labute approximate surface area is 171 Å². The minimum atomic E-state index is -0.592. The zero-order valence-corrected chi connectivity index (χ0v) is 17.8. The van der Waals surface area contributed by atoms with Crippen LogP contribution in [0.2, 0.25) is 5.02 Å². The Morgan fingerprint density at radius 2 is 1.75 bits per heavy atom. The number of rotatable bonds is 6. The Morgan fingerprint density at radius 3 is 2.32 bits per heavy atom. The van der Waals surface area contributed by atoms with E-state index in [2.05, 4.69) is 10.2 Å². The van der Waals surface area contributed by atoms with Gasteiger partial charge in [-0.25, -0.2) is 4.79 Å². The van der Waals surface area contributed by atoms with Crippen LogP contribution < -0.4 is 10.1 Å².